The van der Waals surface area contributed by atoms with E-state index in [2.05, 4.69) is 51.6 Å². The van der Waals surface area contributed by atoms with E-state index in [1.807, 2.05) is 50.2 Å². The van der Waals surface area contributed by atoms with Crippen LogP contribution >= 0.6 is 11.6 Å². The van der Waals surface area contributed by atoms with Crippen LogP contribution in [0.4, 0.5) is 14.6 Å². The monoisotopic (exact) mass is 612 g/mol. The lowest BCUT2D eigenvalue weighted by Gasteiger charge is -2.32. The van der Waals surface area contributed by atoms with Crippen LogP contribution in [-0.4, -0.2) is 52.1 Å². The number of benzene rings is 2. The Morgan fingerprint density at radius 2 is 1.67 bits per heavy atom. The highest BCUT2D eigenvalue weighted by Gasteiger charge is 2.27. The van der Waals surface area contributed by atoms with Crippen molar-refractivity contribution in [2.45, 2.75) is 71.9 Å². The van der Waals surface area contributed by atoms with Gasteiger partial charge in [0.05, 0.1) is 12.2 Å². The summed E-state index contributed by atoms with van der Waals surface area (Å²) >= 11 is 6.34. The van der Waals surface area contributed by atoms with Crippen LogP contribution in [0.2, 0.25) is 5.02 Å². The molecule has 0 bridgehead atoms. The Hall–Kier alpha value is -3.94. The summed E-state index contributed by atoms with van der Waals surface area (Å²) in [5.74, 6) is -4.18. The number of carbonyl (C=O) groups is 2. The van der Waals surface area contributed by atoms with Gasteiger partial charge in [-0.15, -0.1) is 0 Å². The van der Waals surface area contributed by atoms with Gasteiger partial charge in [-0.2, -0.15) is 19.0 Å². The number of halogens is 3. The second-order valence-corrected chi connectivity index (χ2v) is 10.6. The predicted octanol–water partition coefficient (Wildman–Crippen LogP) is 6.64. The van der Waals surface area contributed by atoms with Crippen molar-refractivity contribution in [2.24, 2.45) is 0 Å². The number of hydrogen-bond acceptors (Lipinski definition) is 7. The number of amides is 1. The standard InChI is InChI=1S/C28H33ClN6O.C4H6F2O/c1-4-24(5-2)35(27-25(29)19-31-26(18-30)32-27)33-28(36)23-15-13-22(14-16-23)20-34(3)17-9-12-21-10-7-6-8-11-21;1-3(7)4(2,5)6/h6-8,10-11,13-16,19,24H,4-5,9,12,17,20H2,1-3H3,(H,33,36);1-2H3. The van der Waals surface area contributed by atoms with Crippen LogP contribution in [0.15, 0.2) is 60.8 Å². The number of hydrogen-bond donors (Lipinski definition) is 1. The fourth-order valence-electron chi connectivity index (χ4n) is 4.08. The van der Waals surface area contributed by atoms with Gasteiger partial charge in [0, 0.05) is 26.0 Å². The van der Waals surface area contributed by atoms with Crippen LogP contribution in [0.1, 0.15) is 74.3 Å². The van der Waals surface area contributed by atoms with Gasteiger partial charge in [-0.3, -0.25) is 20.0 Å². The number of nitrogens with zero attached hydrogens (tertiary/aromatic N) is 5. The number of nitrogens with one attached hydrogen (secondary N) is 1. The van der Waals surface area contributed by atoms with Crippen LogP contribution in [0.3, 0.4) is 0 Å². The maximum Gasteiger partial charge on any atom is 0.302 e. The molecule has 3 rings (SSSR count). The van der Waals surface area contributed by atoms with Crippen molar-refractivity contribution in [3.05, 3.63) is 88.3 Å². The Kier molecular flexibility index (Phi) is 14.1. The Morgan fingerprint density at radius 1 is 1.07 bits per heavy atom. The quantitative estimate of drug-likeness (QED) is 0.216. The minimum Gasteiger partial charge on any atom is -0.302 e. The summed E-state index contributed by atoms with van der Waals surface area (Å²) < 4.78 is 23.0. The highest BCUT2D eigenvalue weighted by molar-refractivity contribution is 6.32. The van der Waals surface area contributed by atoms with Crippen molar-refractivity contribution in [3.8, 4) is 6.07 Å². The first-order valence-corrected chi connectivity index (χ1v) is 14.5. The highest BCUT2D eigenvalue weighted by atomic mass is 35.5. The molecule has 0 fully saturated rings. The number of aromatic nitrogens is 2. The van der Waals surface area contributed by atoms with Gasteiger partial charge < -0.3 is 4.90 Å². The first-order chi connectivity index (χ1) is 20.4. The molecule has 1 amide bonds. The van der Waals surface area contributed by atoms with Gasteiger partial charge in [0.25, 0.3) is 5.91 Å². The summed E-state index contributed by atoms with van der Waals surface area (Å²) in [5, 5.41) is 11.1. The Labute approximate surface area is 257 Å². The number of aryl methyl sites for hydroxylation is 1. The molecule has 2 aromatic carbocycles. The molecular weight excluding hydrogens is 574 g/mol. The lowest BCUT2D eigenvalue weighted by Crippen LogP contribution is -2.49. The number of hydrazine groups is 1. The second kappa shape index (κ2) is 17.2. The van der Waals surface area contributed by atoms with Gasteiger partial charge in [0.2, 0.25) is 5.82 Å². The van der Waals surface area contributed by atoms with Crippen molar-refractivity contribution < 1.29 is 18.4 Å². The van der Waals surface area contributed by atoms with Crippen LogP contribution in [0, 0.1) is 11.3 Å². The van der Waals surface area contributed by atoms with E-state index in [0.717, 1.165) is 51.3 Å². The van der Waals surface area contributed by atoms with Crippen LogP contribution in [0.5, 0.6) is 0 Å². The van der Waals surface area contributed by atoms with Gasteiger partial charge in [-0.05, 0) is 62.5 Å². The zero-order valence-corrected chi connectivity index (χ0v) is 26.0. The molecule has 3 aromatic rings. The Balaban J connectivity index is 0.000000821. The molecule has 1 N–H and O–H groups in total. The van der Waals surface area contributed by atoms with Crippen LogP contribution in [-0.2, 0) is 17.8 Å². The number of Topliss-reactive ketones (excluding diaryl/α,β-unsaturated/α-hetero) is 1. The minimum atomic E-state index is -3.14. The Morgan fingerprint density at radius 3 is 2.21 bits per heavy atom. The average Bonchev–Trinajstić information content (AvgIpc) is 2.98. The molecule has 1 aromatic heterocycles. The van der Waals surface area contributed by atoms with E-state index < -0.39 is 11.7 Å². The second-order valence-electron chi connectivity index (χ2n) is 10.2. The molecule has 0 radical (unpaired) electrons. The molecule has 8 nitrogen and oxygen atoms in total. The third kappa shape index (κ3) is 11.7. The molecule has 11 heteroatoms. The SMILES string of the molecule is CC(=O)C(C)(F)F.CCC(CC)N(NC(=O)c1ccc(CN(C)CCCc2ccccc2)cc1)c1nc(C#N)ncc1Cl. The van der Waals surface area contributed by atoms with Crippen molar-refractivity contribution in [1.29, 1.82) is 5.26 Å². The summed E-state index contributed by atoms with van der Waals surface area (Å²) in [4.78, 5) is 33.3. The van der Waals surface area contributed by atoms with E-state index in [1.54, 1.807) is 5.01 Å². The summed E-state index contributed by atoms with van der Waals surface area (Å²) in [5.41, 5.74) is 5.98. The number of anilines is 1. The molecule has 0 aliphatic heterocycles. The smallest absolute Gasteiger partial charge is 0.302 e. The largest absolute Gasteiger partial charge is 0.302 e. The van der Waals surface area contributed by atoms with Gasteiger partial charge in [0.15, 0.2) is 11.6 Å². The number of rotatable bonds is 13. The van der Waals surface area contributed by atoms with E-state index in [9.17, 15) is 23.6 Å². The topological polar surface area (TPSA) is 102 Å². The van der Waals surface area contributed by atoms with Gasteiger partial charge in [-0.1, -0.05) is 67.9 Å². The van der Waals surface area contributed by atoms with E-state index in [1.165, 1.54) is 11.8 Å². The molecule has 0 aliphatic rings. The number of alkyl halides is 2. The summed E-state index contributed by atoms with van der Waals surface area (Å²) in [6.45, 7) is 7.29. The molecular formula is C32H39ClF2N6O2. The molecule has 1 heterocycles. The van der Waals surface area contributed by atoms with Crippen molar-refractivity contribution in [1.82, 2.24) is 20.3 Å². The van der Waals surface area contributed by atoms with Crippen LogP contribution < -0.4 is 10.4 Å². The lowest BCUT2D eigenvalue weighted by atomic mass is 10.1. The fraction of sp³-hybridized carbons (Fsp3) is 0.406. The summed E-state index contributed by atoms with van der Waals surface area (Å²) in [7, 11) is 2.11. The summed E-state index contributed by atoms with van der Waals surface area (Å²) in [6, 6.07) is 20.0. The van der Waals surface area contributed by atoms with E-state index in [-0.39, 0.29) is 22.8 Å². The highest BCUT2D eigenvalue weighted by Crippen LogP contribution is 2.25. The van der Waals surface area contributed by atoms with Crippen molar-refractivity contribution in [2.75, 3.05) is 18.6 Å². The first-order valence-electron chi connectivity index (χ1n) is 14.1. The predicted molar refractivity (Wildman–Crippen MR) is 165 cm³/mol. The molecule has 43 heavy (non-hydrogen) atoms. The van der Waals surface area contributed by atoms with E-state index in [0.29, 0.717) is 18.3 Å². The van der Waals surface area contributed by atoms with Gasteiger partial charge in [-0.25, -0.2) is 4.98 Å². The van der Waals surface area contributed by atoms with Gasteiger partial charge in [0.1, 0.15) is 11.1 Å². The fourth-order valence-corrected chi connectivity index (χ4v) is 4.26. The number of nitriles is 1. The van der Waals surface area contributed by atoms with E-state index in [4.69, 9.17) is 11.6 Å². The van der Waals surface area contributed by atoms with Crippen LogP contribution in [0.25, 0.3) is 0 Å². The number of carbonyl (C=O) groups excluding carboxylic acids is 2. The normalized spacial score (nSPS) is 11.0. The molecule has 0 aliphatic carbocycles. The first kappa shape index (κ1) is 35.3. The maximum absolute atomic E-state index is 13.1. The third-order valence-electron chi connectivity index (χ3n) is 6.72. The van der Waals surface area contributed by atoms with Crippen molar-refractivity contribution >= 4 is 29.1 Å². The van der Waals surface area contributed by atoms with Crippen molar-refractivity contribution in [3.63, 3.8) is 0 Å². The molecule has 0 unspecified atom stereocenters. The maximum atomic E-state index is 13.1. The molecule has 230 valence electrons. The molecule has 0 spiro atoms. The lowest BCUT2D eigenvalue weighted by molar-refractivity contribution is -0.138. The molecule has 0 saturated heterocycles. The van der Waals surface area contributed by atoms with Gasteiger partial charge >= 0.3 is 5.92 Å². The van der Waals surface area contributed by atoms with E-state index >= 15 is 0 Å². The minimum absolute atomic E-state index is 0.00292. The summed E-state index contributed by atoms with van der Waals surface area (Å²) in [6.07, 6.45) is 5.05. The third-order valence-corrected chi connectivity index (χ3v) is 6.98. The zero-order valence-electron chi connectivity index (χ0n) is 25.3. The zero-order chi connectivity index (χ0) is 32.0. The molecule has 0 atom stereocenters. The number of ketones is 1. The average molecular weight is 613 g/mol. The Bertz CT molecular complexity index is 1360. The molecule has 0 saturated carbocycles.